The molecule has 0 unspecified atom stereocenters. The Bertz CT molecular complexity index is 1000. The average molecular weight is 477 g/mol. The second-order valence-electron chi connectivity index (χ2n) is 8.19. The number of fused-ring (bicyclic) bond motifs is 1. The van der Waals surface area contributed by atoms with Crippen molar-refractivity contribution in [3.05, 3.63) is 51.0 Å². The Morgan fingerprint density at radius 3 is 2.53 bits per heavy atom. The number of amides is 1. The summed E-state index contributed by atoms with van der Waals surface area (Å²) in [6.45, 7) is 3.47. The number of hydrogen-bond donors (Lipinski definition) is 1. The Morgan fingerprint density at radius 2 is 1.81 bits per heavy atom. The Labute approximate surface area is 197 Å². The zero-order chi connectivity index (χ0) is 22.5. The fraction of sp³-hybridized carbons (Fsp3) is 0.522. The molecule has 0 spiro atoms. The highest BCUT2D eigenvalue weighted by Gasteiger charge is 2.24. The van der Waals surface area contributed by atoms with Crippen molar-refractivity contribution in [1.29, 1.82) is 0 Å². The number of carbonyl (C=O) groups is 1. The largest absolute Gasteiger partial charge is 0.396 e. The number of aliphatic hydroxyl groups excluding tert-OH is 1. The van der Waals surface area contributed by atoms with Crippen LogP contribution in [0.1, 0.15) is 30.5 Å². The molecule has 1 aromatic heterocycles. The first-order valence-corrected chi connectivity index (χ1v) is 12.6. The van der Waals surface area contributed by atoms with Crippen LogP contribution in [0.25, 0.3) is 0 Å². The van der Waals surface area contributed by atoms with Crippen molar-refractivity contribution >= 4 is 35.0 Å². The van der Waals surface area contributed by atoms with Gasteiger partial charge in [-0.15, -0.1) is 0 Å². The van der Waals surface area contributed by atoms with E-state index in [1.165, 1.54) is 11.8 Å². The summed E-state index contributed by atoms with van der Waals surface area (Å²) in [5, 5.41) is 10.6. The molecule has 0 saturated carbocycles. The topological polar surface area (TPSA) is 78.7 Å². The van der Waals surface area contributed by atoms with E-state index in [4.69, 9.17) is 16.7 Å². The van der Waals surface area contributed by atoms with E-state index in [-0.39, 0.29) is 18.2 Å². The number of aromatic nitrogens is 2. The van der Waals surface area contributed by atoms with E-state index in [1.54, 1.807) is 4.57 Å². The third-order valence-electron chi connectivity index (χ3n) is 6.15. The van der Waals surface area contributed by atoms with Crippen molar-refractivity contribution in [2.45, 2.75) is 43.7 Å². The lowest BCUT2D eigenvalue weighted by atomic mass is 9.97. The number of carbonyl (C=O) groups excluding carboxylic acids is 1. The minimum Gasteiger partial charge on any atom is -0.396 e. The van der Waals surface area contributed by atoms with Gasteiger partial charge in [0.2, 0.25) is 5.91 Å². The van der Waals surface area contributed by atoms with Gasteiger partial charge in [0, 0.05) is 61.3 Å². The van der Waals surface area contributed by atoms with Crippen molar-refractivity contribution in [2.75, 3.05) is 43.4 Å². The fourth-order valence-corrected chi connectivity index (χ4v) is 5.52. The highest BCUT2D eigenvalue weighted by molar-refractivity contribution is 7.99. The van der Waals surface area contributed by atoms with Crippen LogP contribution < -0.4 is 10.6 Å². The highest BCUT2D eigenvalue weighted by atomic mass is 35.5. The van der Waals surface area contributed by atoms with Gasteiger partial charge < -0.3 is 14.9 Å². The second-order valence-corrected chi connectivity index (χ2v) is 9.59. The molecule has 0 bridgehead atoms. The predicted molar refractivity (Wildman–Crippen MR) is 128 cm³/mol. The van der Waals surface area contributed by atoms with Crippen LogP contribution in [0, 0.1) is 0 Å². The number of halogens is 1. The van der Waals surface area contributed by atoms with Gasteiger partial charge in [0.15, 0.2) is 0 Å². The molecule has 2 aromatic rings. The number of hydrogen-bond acceptors (Lipinski definition) is 6. The molecule has 1 aromatic carbocycles. The molecule has 2 heterocycles. The van der Waals surface area contributed by atoms with Crippen LogP contribution >= 0.6 is 23.4 Å². The smallest absolute Gasteiger partial charge is 0.348 e. The highest BCUT2D eigenvalue weighted by Crippen LogP contribution is 2.29. The van der Waals surface area contributed by atoms with Gasteiger partial charge in [0.05, 0.1) is 5.75 Å². The van der Waals surface area contributed by atoms with Crippen LogP contribution in [0.2, 0.25) is 5.02 Å². The molecule has 1 amide bonds. The van der Waals surface area contributed by atoms with E-state index in [0.29, 0.717) is 36.8 Å². The first kappa shape index (κ1) is 23.1. The van der Waals surface area contributed by atoms with Gasteiger partial charge in [-0.3, -0.25) is 9.36 Å². The Balaban J connectivity index is 1.37. The molecule has 4 rings (SSSR count). The van der Waals surface area contributed by atoms with E-state index < -0.39 is 0 Å². The Morgan fingerprint density at radius 1 is 1.09 bits per heavy atom. The lowest BCUT2D eigenvalue weighted by molar-refractivity contribution is -0.128. The quantitative estimate of drug-likeness (QED) is 0.489. The average Bonchev–Trinajstić information content (AvgIpc) is 2.82. The van der Waals surface area contributed by atoms with E-state index in [0.717, 1.165) is 60.7 Å². The van der Waals surface area contributed by atoms with Crippen molar-refractivity contribution in [2.24, 2.45) is 0 Å². The summed E-state index contributed by atoms with van der Waals surface area (Å²) in [5.74, 6) is 0.377. The normalized spacial score (nSPS) is 16.2. The van der Waals surface area contributed by atoms with Crippen molar-refractivity contribution in [3.63, 3.8) is 0 Å². The lowest BCUT2D eigenvalue weighted by Crippen LogP contribution is -2.49. The monoisotopic (exact) mass is 476 g/mol. The molecule has 1 N–H and O–H groups in total. The SMILES string of the molecule is O=C(CSc1nc(=O)n(CCCO)c2c1CCCC2)N1CCN(c2ccc(Cl)cc2)CC1. The molecule has 0 radical (unpaired) electrons. The van der Waals surface area contributed by atoms with E-state index >= 15 is 0 Å². The molecule has 0 atom stereocenters. The van der Waals surface area contributed by atoms with Gasteiger partial charge >= 0.3 is 5.69 Å². The molecule has 7 nitrogen and oxygen atoms in total. The van der Waals surface area contributed by atoms with Crippen LogP contribution in [-0.2, 0) is 24.2 Å². The van der Waals surface area contributed by atoms with Crippen LogP contribution in [0.5, 0.6) is 0 Å². The number of anilines is 1. The maximum Gasteiger partial charge on any atom is 0.348 e. The van der Waals surface area contributed by atoms with Crippen LogP contribution in [0.3, 0.4) is 0 Å². The maximum atomic E-state index is 12.9. The van der Waals surface area contributed by atoms with Crippen molar-refractivity contribution < 1.29 is 9.90 Å². The van der Waals surface area contributed by atoms with E-state index in [1.807, 2.05) is 29.2 Å². The minimum atomic E-state index is -0.273. The summed E-state index contributed by atoms with van der Waals surface area (Å²) in [6, 6.07) is 7.78. The Kier molecular flexibility index (Phi) is 7.75. The minimum absolute atomic E-state index is 0.0531. The van der Waals surface area contributed by atoms with Crippen molar-refractivity contribution in [3.8, 4) is 0 Å². The zero-order valence-corrected chi connectivity index (χ0v) is 19.7. The van der Waals surface area contributed by atoms with E-state index in [2.05, 4.69) is 9.88 Å². The molecular formula is C23H29ClN4O3S. The molecule has 9 heteroatoms. The molecule has 1 aliphatic heterocycles. The predicted octanol–water partition coefficient (Wildman–Crippen LogP) is 2.60. The third-order valence-corrected chi connectivity index (χ3v) is 7.40. The summed E-state index contributed by atoms with van der Waals surface area (Å²) >= 11 is 7.36. The number of aliphatic hydroxyl groups is 1. The van der Waals surface area contributed by atoms with Gasteiger partial charge in [-0.05, 0) is 56.4 Å². The van der Waals surface area contributed by atoms with Crippen LogP contribution in [0.15, 0.2) is 34.1 Å². The van der Waals surface area contributed by atoms with Crippen molar-refractivity contribution in [1.82, 2.24) is 14.5 Å². The molecular weight excluding hydrogens is 448 g/mol. The first-order valence-electron chi connectivity index (χ1n) is 11.2. The molecule has 1 aliphatic carbocycles. The molecule has 1 saturated heterocycles. The summed E-state index contributed by atoms with van der Waals surface area (Å²) in [7, 11) is 0. The van der Waals surface area contributed by atoms with E-state index in [9.17, 15) is 9.59 Å². The molecule has 32 heavy (non-hydrogen) atoms. The summed E-state index contributed by atoms with van der Waals surface area (Å²) in [4.78, 5) is 33.9. The Hall–Kier alpha value is -2.03. The fourth-order valence-electron chi connectivity index (χ4n) is 4.41. The van der Waals surface area contributed by atoms with Gasteiger partial charge in [0.1, 0.15) is 5.03 Å². The first-order chi connectivity index (χ1) is 15.6. The maximum absolute atomic E-state index is 12.9. The summed E-state index contributed by atoms with van der Waals surface area (Å²) < 4.78 is 1.71. The summed E-state index contributed by atoms with van der Waals surface area (Å²) in [5.41, 5.74) is 2.99. The standard InChI is InChI=1S/C23H29ClN4O3S/c24-17-6-8-18(9-7-17)26-11-13-27(14-12-26)21(30)16-32-22-19-4-1-2-5-20(19)28(10-3-15-29)23(31)25-22/h6-9,29H,1-5,10-16H2. The number of nitrogens with zero attached hydrogens (tertiary/aromatic N) is 4. The summed E-state index contributed by atoms with van der Waals surface area (Å²) in [6.07, 6.45) is 4.41. The van der Waals surface area contributed by atoms with Gasteiger partial charge in [-0.1, -0.05) is 23.4 Å². The molecule has 172 valence electrons. The van der Waals surface area contributed by atoms with Gasteiger partial charge in [-0.25, -0.2) is 4.79 Å². The third kappa shape index (κ3) is 5.30. The second kappa shape index (κ2) is 10.7. The number of piperazine rings is 1. The number of thioether (sulfide) groups is 1. The van der Waals surface area contributed by atoms with Crippen LogP contribution in [0.4, 0.5) is 5.69 Å². The van der Waals surface area contributed by atoms with Gasteiger partial charge in [0.25, 0.3) is 0 Å². The zero-order valence-electron chi connectivity index (χ0n) is 18.1. The number of benzene rings is 1. The number of rotatable bonds is 7. The lowest BCUT2D eigenvalue weighted by Gasteiger charge is -2.36. The molecule has 2 aliphatic rings. The molecule has 1 fully saturated rings. The van der Waals surface area contributed by atoms with Crippen LogP contribution in [-0.4, -0.2) is 64.0 Å². The van der Waals surface area contributed by atoms with Gasteiger partial charge in [-0.2, -0.15) is 4.98 Å².